The van der Waals surface area contributed by atoms with Crippen molar-refractivity contribution in [1.82, 2.24) is 15.0 Å². The topological polar surface area (TPSA) is 79.8 Å². The molecule has 0 bridgehead atoms. The smallest absolute Gasteiger partial charge is 0.255 e. The highest BCUT2D eigenvalue weighted by molar-refractivity contribution is 6.04. The molecule has 6 nitrogen and oxygen atoms in total. The molecule has 28 heavy (non-hydrogen) atoms. The first-order valence-corrected chi connectivity index (χ1v) is 8.75. The van der Waals surface area contributed by atoms with Crippen molar-refractivity contribution in [3.05, 3.63) is 97.0 Å². The van der Waals surface area contributed by atoms with Crippen molar-refractivity contribution in [3.63, 3.8) is 0 Å². The molecular formula is C22H17N5O. The summed E-state index contributed by atoms with van der Waals surface area (Å²) in [6.45, 7) is 0. The maximum absolute atomic E-state index is 12.2. The maximum atomic E-state index is 12.2. The van der Waals surface area contributed by atoms with Crippen molar-refractivity contribution in [2.24, 2.45) is 0 Å². The number of rotatable bonds is 5. The monoisotopic (exact) mass is 367 g/mol. The van der Waals surface area contributed by atoms with E-state index in [1.807, 2.05) is 60.7 Å². The Balaban J connectivity index is 1.44. The molecule has 0 fully saturated rings. The Morgan fingerprint density at radius 2 is 1.57 bits per heavy atom. The van der Waals surface area contributed by atoms with Crippen LogP contribution in [-0.2, 0) is 0 Å². The Kier molecular flexibility index (Phi) is 5.02. The Labute approximate surface area is 162 Å². The fourth-order valence-electron chi connectivity index (χ4n) is 2.65. The summed E-state index contributed by atoms with van der Waals surface area (Å²) in [5.41, 5.74) is 3.86. The molecule has 0 aliphatic heterocycles. The first-order valence-electron chi connectivity index (χ1n) is 8.75. The van der Waals surface area contributed by atoms with Gasteiger partial charge in [0.25, 0.3) is 5.91 Å². The third kappa shape index (κ3) is 4.19. The van der Waals surface area contributed by atoms with Gasteiger partial charge in [-0.15, -0.1) is 0 Å². The van der Waals surface area contributed by atoms with E-state index in [9.17, 15) is 4.79 Å². The van der Waals surface area contributed by atoms with Gasteiger partial charge in [0.1, 0.15) is 0 Å². The second kappa shape index (κ2) is 8.09. The Hall–Kier alpha value is -4.06. The van der Waals surface area contributed by atoms with Crippen molar-refractivity contribution >= 4 is 23.2 Å². The molecule has 0 aliphatic carbocycles. The minimum absolute atomic E-state index is 0.145. The summed E-state index contributed by atoms with van der Waals surface area (Å²) in [4.78, 5) is 25.1. The average molecular weight is 367 g/mol. The fraction of sp³-hybridized carbons (Fsp3) is 0. The number of carbonyl (C=O) groups is 1. The zero-order valence-corrected chi connectivity index (χ0v) is 14.9. The lowest BCUT2D eigenvalue weighted by Gasteiger charge is -2.09. The van der Waals surface area contributed by atoms with Crippen LogP contribution in [0.25, 0.3) is 11.3 Å². The van der Waals surface area contributed by atoms with Gasteiger partial charge in [-0.1, -0.05) is 18.2 Å². The van der Waals surface area contributed by atoms with Gasteiger partial charge in [-0.25, -0.2) is 9.97 Å². The van der Waals surface area contributed by atoms with E-state index < -0.39 is 0 Å². The summed E-state index contributed by atoms with van der Waals surface area (Å²) < 4.78 is 0. The summed E-state index contributed by atoms with van der Waals surface area (Å²) in [6, 6.07) is 22.1. The van der Waals surface area contributed by atoms with E-state index in [0.717, 1.165) is 16.9 Å². The van der Waals surface area contributed by atoms with Gasteiger partial charge in [0.2, 0.25) is 5.95 Å². The van der Waals surface area contributed by atoms with Crippen LogP contribution in [-0.4, -0.2) is 20.9 Å². The number of aromatic nitrogens is 3. The summed E-state index contributed by atoms with van der Waals surface area (Å²) >= 11 is 0. The zero-order valence-electron chi connectivity index (χ0n) is 14.9. The number of anilines is 3. The number of nitrogens with zero attached hydrogens (tertiary/aromatic N) is 3. The molecule has 2 N–H and O–H groups in total. The van der Waals surface area contributed by atoms with E-state index in [1.54, 1.807) is 30.7 Å². The van der Waals surface area contributed by atoms with Crippen LogP contribution in [0.15, 0.2) is 91.4 Å². The van der Waals surface area contributed by atoms with E-state index in [1.165, 1.54) is 0 Å². The number of hydrogen-bond acceptors (Lipinski definition) is 5. The maximum Gasteiger partial charge on any atom is 0.255 e. The summed E-state index contributed by atoms with van der Waals surface area (Å²) in [7, 11) is 0. The second-order valence-electron chi connectivity index (χ2n) is 6.03. The number of benzene rings is 2. The van der Waals surface area contributed by atoms with Gasteiger partial charge in [-0.05, 0) is 54.6 Å². The van der Waals surface area contributed by atoms with Gasteiger partial charge in [-0.3, -0.25) is 9.78 Å². The molecule has 2 aromatic carbocycles. The highest BCUT2D eigenvalue weighted by atomic mass is 16.1. The Morgan fingerprint density at radius 1 is 0.786 bits per heavy atom. The van der Waals surface area contributed by atoms with E-state index in [4.69, 9.17) is 0 Å². The second-order valence-corrected chi connectivity index (χ2v) is 6.03. The molecule has 136 valence electrons. The molecule has 0 unspecified atom stereocenters. The summed E-state index contributed by atoms with van der Waals surface area (Å²) in [5.74, 6) is 0.344. The highest BCUT2D eigenvalue weighted by Gasteiger charge is 2.06. The molecule has 0 saturated heterocycles. The van der Waals surface area contributed by atoms with Gasteiger partial charge in [0, 0.05) is 41.1 Å². The average Bonchev–Trinajstić information content (AvgIpc) is 2.76. The molecule has 1 amide bonds. The predicted molar refractivity (Wildman–Crippen MR) is 109 cm³/mol. The molecular weight excluding hydrogens is 350 g/mol. The van der Waals surface area contributed by atoms with Crippen molar-refractivity contribution in [3.8, 4) is 11.3 Å². The molecule has 0 saturated carbocycles. The lowest BCUT2D eigenvalue weighted by atomic mass is 10.2. The first-order chi connectivity index (χ1) is 13.8. The van der Waals surface area contributed by atoms with Crippen LogP contribution in [0.1, 0.15) is 10.4 Å². The van der Waals surface area contributed by atoms with E-state index >= 15 is 0 Å². The molecule has 2 aromatic heterocycles. The molecule has 0 radical (unpaired) electrons. The Bertz CT molecular complexity index is 1070. The quantitative estimate of drug-likeness (QED) is 0.541. The molecule has 0 aliphatic rings. The lowest BCUT2D eigenvalue weighted by molar-refractivity contribution is 0.102. The van der Waals surface area contributed by atoms with Gasteiger partial charge >= 0.3 is 0 Å². The minimum Gasteiger partial charge on any atom is -0.324 e. The fourth-order valence-corrected chi connectivity index (χ4v) is 2.65. The summed E-state index contributed by atoms with van der Waals surface area (Å²) in [5, 5.41) is 6.05. The van der Waals surface area contributed by atoms with Gasteiger partial charge in [0.15, 0.2) is 0 Å². The van der Waals surface area contributed by atoms with Crippen LogP contribution in [0.3, 0.4) is 0 Å². The summed E-state index contributed by atoms with van der Waals surface area (Å²) in [6.07, 6.45) is 5.18. The normalized spacial score (nSPS) is 10.3. The number of amides is 1. The van der Waals surface area contributed by atoms with Crippen LogP contribution in [0.2, 0.25) is 0 Å². The number of carbonyl (C=O) groups excluding carboxylic acids is 1. The number of nitrogens with one attached hydrogen (secondary N) is 2. The van der Waals surface area contributed by atoms with Crippen molar-refractivity contribution < 1.29 is 4.79 Å². The van der Waals surface area contributed by atoms with Crippen LogP contribution < -0.4 is 10.6 Å². The molecule has 6 heteroatoms. The third-order valence-electron chi connectivity index (χ3n) is 4.05. The van der Waals surface area contributed by atoms with Gasteiger partial charge in [-0.2, -0.15) is 0 Å². The van der Waals surface area contributed by atoms with Crippen molar-refractivity contribution in [2.75, 3.05) is 10.6 Å². The largest absolute Gasteiger partial charge is 0.324 e. The molecule has 4 aromatic rings. The highest BCUT2D eigenvalue weighted by Crippen LogP contribution is 2.20. The van der Waals surface area contributed by atoms with Crippen molar-refractivity contribution in [1.29, 1.82) is 0 Å². The van der Waals surface area contributed by atoms with E-state index in [-0.39, 0.29) is 5.91 Å². The molecule has 2 heterocycles. The number of pyridine rings is 1. The zero-order chi connectivity index (χ0) is 19.2. The Morgan fingerprint density at radius 3 is 2.32 bits per heavy atom. The third-order valence-corrected chi connectivity index (χ3v) is 4.05. The number of hydrogen-bond donors (Lipinski definition) is 2. The van der Waals surface area contributed by atoms with Gasteiger partial charge < -0.3 is 10.6 Å². The van der Waals surface area contributed by atoms with Crippen LogP contribution in [0.5, 0.6) is 0 Å². The lowest BCUT2D eigenvalue weighted by Crippen LogP contribution is -2.11. The van der Waals surface area contributed by atoms with Crippen LogP contribution in [0, 0.1) is 0 Å². The molecule has 0 spiro atoms. The SMILES string of the molecule is O=C(Nc1ccc(Nc2nccc(-c3cccnc3)n2)cc1)c1ccccc1. The molecule has 0 atom stereocenters. The van der Waals surface area contributed by atoms with E-state index in [0.29, 0.717) is 17.2 Å². The van der Waals surface area contributed by atoms with Crippen LogP contribution in [0.4, 0.5) is 17.3 Å². The van der Waals surface area contributed by atoms with Crippen LogP contribution >= 0.6 is 0 Å². The standard InChI is InChI=1S/C22H17N5O/c28-21(16-5-2-1-3-6-16)25-18-8-10-19(11-9-18)26-22-24-14-12-20(27-22)17-7-4-13-23-15-17/h1-15H,(H,25,28)(H,24,26,27). The van der Waals surface area contributed by atoms with Gasteiger partial charge in [0.05, 0.1) is 5.69 Å². The predicted octanol–water partition coefficient (Wildman–Crippen LogP) is 4.53. The minimum atomic E-state index is -0.145. The van der Waals surface area contributed by atoms with Crippen molar-refractivity contribution in [2.45, 2.75) is 0 Å². The molecule has 4 rings (SSSR count). The first kappa shape index (κ1) is 17.4. The van der Waals surface area contributed by atoms with E-state index in [2.05, 4.69) is 25.6 Å².